The molecule has 1 unspecified atom stereocenters. The van der Waals surface area contributed by atoms with Crippen LogP contribution in [0.5, 0.6) is 0 Å². The number of quaternary nitrogens is 1. The largest absolute Gasteiger partial charge is 0.335 e. The van der Waals surface area contributed by atoms with Crippen LogP contribution in [0.25, 0.3) is 0 Å². The van der Waals surface area contributed by atoms with Crippen LogP contribution < -0.4 is 20.9 Å². The molecule has 1 atom stereocenters. The molecule has 4 N–H and O–H groups in total. The Labute approximate surface area is 148 Å². The highest BCUT2D eigenvalue weighted by molar-refractivity contribution is 5.95. The zero-order chi connectivity index (χ0) is 18.2. The second kappa shape index (κ2) is 9.17. The quantitative estimate of drug-likeness (QED) is 0.593. The van der Waals surface area contributed by atoms with Gasteiger partial charge in [0, 0.05) is 11.7 Å². The summed E-state index contributed by atoms with van der Waals surface area (Å²) in [6.45, 7) is 2.18. The third kappa shape index (κ3) is 6.93. The smallest absolute Gasteiger partial charge is 0.321 e. The maximum Gasteiger partial charge on any atom is 0.321 e. The van der Waals surface area contributed by atoms with Gasteiger partial charge >= 0.3 is 6.03 Å². The van der Waals surface area contributed by atoms with Crippen LogP contribution in [-0.4, -0.2) is 44.0 Å². The molecule has 1 aromatic carbocycles. The van der Waals surface area contributed by atoms with Gasteiger partial charge in [0.2, 0.25) is 0 Å². The lowest BCUT2D eigenvalue weighted by atomic mass is 10.2. The van der Waals surface area contributed by atoms with E-state index < -0.39 is 11.9 Å². The number of carbonyl (C=O) groups is 3. The fourth-order valence-electron chi connectivity index (χ4n) is 2.92. The normalized spacial score (nSPS) is 15.4. The predicted octanol–water partition coefficient (Wildman–Crippen LogP) is 0.217. The zero-order valence-electron chi connectivity index (χ0n) is 14.9. The first-order chi connectivity index (χ1) is 11.9. The molecule has 7 nitrogen and oxygen atoms in total. The molecular weight excluding hydrogens is 320 g/mol. The number of aryl methyl sites for hydroxylation is 1. The minimum Gasteiger partial charge on any atom is -0.335 e. The first kappa shape index (κ1) is 18.9. The molecule has 1 fully saturated rings. The average Bonchev–Trinajstić information content (AvgIpc) is 3.01. The summed E-state index contributed by atoms with van der Waals surface area (Å²) in [5.41, 5.74) is 1.84. The summed E-state index contributed by atoms with van der Waals surface area (Å²) in [7, 11) is 1.74. The van der Waals surface area contributed by atoms with Gasteiger partial charge in [-0.25, -0.2) is 4.79 Å². The van der Waals surface area contributed by atoms with E-state index in [1.165, 1.54) is 0 Å². The number of amides is 4. The molecule has 25 heavy (non-hydrogen) atoms. The Morgan fingerprint density at radius 2 is 1.64 bits per heavy atom. The van der Waals surface area contributed by atoms with Crippen molar-refractivity contribution in [2.75, 3.05) is 25.5 Å². The van der Waals surface area contributed by atoms with Crippen LogP contribution in [0.1, 0.15) is 31.2 Å². The Hall–Kier alpha value is -2.41. The molecule has 7 heteroatoms. The Kier molecular flexibility index (Phi) is 6.94. The van der Waals surface area contributed by atoms with Gasteiger partial charge in [-0.15, -0.1) is 0 Å². The highest BCUT2D eigenvalue weighted by Gasteiger charge is 2.20. The topological polar surface area (TPSA) is 91.7 Å². The van der Waals surface area contributed by atoms with Gasteiger partial charge in [0.25, 0.3) is 11.8 Å². The van der Waals surface area contributed by atoms with Crippen molar-refractivity contribution in [3.05, 3.63) is 29.8 Å². The summed E-state index contributed by atoms with van der Waals surface area (Å²) >= 11 is 0. The van der Waals surface area contributed by atoms with Gasteiger partial charge in [0.15, 0.2) is 13.1 Å². The summed E-state index contributed by atoms with van der Waals surface area (Å²) in [6, 6.07) is 7.23. The molecule has 2 rings (SSSR count). The monoisotopic (exact) mass is 347 g/mol. The molecule has 1 aliphatic rings. The number of anilines is 1. The summed E-state index contributed by atoms with van der Waals surface area (Å²) < 4.78 is 0. The molecule has 0 radical (unpaired) electrons. The number of hydrogen-bond donors (Lipinski definition) is 4. The van der Waals surface area contributed by atoms with E-state index in [1.54, 1.807) is 7.05 Å². The molecule has 4 amide bonds. The van der Waals surface area contributed by atoms with E-state index in [2.05, 4.69) is 16.0 Å². The highest BCUT2D eigenvalue weighted by atomic mass is 16.2. The van der Waals surface area contributed by atoms with Crippen molar-refractivity contribution < 1.29 is 19.3 Å². The van der Waals surface area contributed by atoms with Crippen molar-refractivity contribution in [3.8, 4) is 0 Å². The van der Waals surface area contributed by atoms with Gasteiger partial charge in [-0.2, -0.15) is 0 Å². The molecule has 0 bridgehead atoms. The summed E-state index contributed by atoms with van der Waals surface area (Å²) in [4.78, 5) is 36.3. The molecule has 0 aromatic heterocycles. The number of nitrogens with one attached hydrogen (secondary N) is 4. The van der Waals surface area contributed by atoms with E-state index in [4.69, 9.17) is 0 Å². The third-order valence-electron chi connectivity index (χ3n) is 4.20. The number of imide groups is 1. The van der Waals surface area contributed by atoms with Crippen molar-refractivity contribution in [1.82, 2.24) is 10.6 Å². The van der Waals surface area contributed by atoms with Crippen molar-refractivity contribution in [2.45, 2.75) is 38.6 Å². The predicted molar refractivity (Wildman–Crippen MR) is 95.4 cm³/mol. The van der Waals surface area contributed by atoms with Crippen molar-refractivity contribution in [2.24, 2.45) is 0 Å². The maximum atomic E-state index is 12.0. The van der Waals surface area contributed by atoms with Crippen LogP contribution in [0.2, 0.25) is 0 Å². The molecule has 1 aliphatic carbocycles. The Balaban J connectivity index is 1.68. The van der Waals surface area contributed by atoms with Crippen molar-refractivity contribution in [3.63, 3.8) is 0 Å². The van der Waals surface area contributed by atoms with Crippen LogP contribution in [0.4, 0.5) is 10.5 Å². The molecule has 1 aromatic rings. The Morgan fingerprint density at radius 3 is 2.28 bits per heavy atom. The van der Waals surface area contributed by atoms with Crippen molar-refractivity contribution in [1.29, 1.82) is 0 Å². The van der Waals surface area contributed by atoms with Gasteiger partial charge in [-0.05, 0) is 31.9 Å². The second-order valence-electron chi connectivity index (χ2n) is 6.73. The molecule has 0 saturated heterocycles. The zero-order valence-corrected chi connectivity index (χ0v) is 14.9. The summed E-state index contributed by atoms with van der Waals surface area (Å²) in [5.74, 6) is -0.569. The lowest BCUT2D eigenvalue weighted by molar-refractivity contribution is -0.862. The minimum absolute atomic E-state index is 0.0550. The van der Waals surface area contributed by atoms with Gasteiger partial charge < -0.3 is 15.5 Å². The van der Waals surface area contributed by atoms with E-state index in [0.29, 0.717) is 4.90 Å². The fraction of sp³-hybridized carbons (Fsp3) is 0.500. The maximum absolute atomic E-state index is 12.0. The van der Waals surface area contributed by atoms with E-state index >= 15 is 0 Å². The van der Waals surface area contributed by atoms with Crippen LogP contribution in [0.15, 0.2) is 24.3 Å². The van der Waals surface area contributed by atoms with E-state index in [-0.39, 0.29) is 25.0 Å². The van der Waals surface area contributed by atoms with Crippen LogP contribution in [0.3, 0.4) is 0 Å². The van der Waals surface area contributed by atoms with Gasteiger partial charge in [0.1, 0.15) is 0 Å². The van der Waals surface area contributed by atoms with E-state index in [1.807, 2.05) is 31.2 Å². The average molecular weight is 347 g/mol. The van der Waals surface area contributed by atoms with E-state index in [0.717, 1.165) is 36.9 Å². The molecular formula is C18H27N4O3+. The molecule has 0 spiro atoms. The third-order valence-corrected chi connectivity index (χ3v) is 4.20. The standard InChI is InChI=1S/C18H26N4O3/c1-13-7-9-15(10-8-13)19-16(23)11-22(2)12-17(24)21-18(25)20-14-5-3-4-6-14/h7-10,14H,3-6,11-12H2,1-2H3,(H,19,23)(H2,20,21,24,25)/p+1. The SMILES string of the molecule is Cc1ccc(NC(=O)C[NH+](C)CC(=O)NC(=O)NC2CCCC2)cc1. The lowest BCUT2D eigenvalue weighted by Gasteiger charge is -2.15. The van der Waals surface area contributed by atoms with Crippen LogP contribution in [0, 0.1) is 6.92 Å². The first-order valence-corrected chi connectivity index (χ1v) is 8.70. The van der Waals surface area contributed by atoms with Gasteiger partial charge in [0.05, 0.1) is 7.05 Å². The van der Waals surface area contributed by atoms with E-state index in [9.17, 15) is 14.4 Å². The number of likely N-dealkylation sites (N-methyl/N-ethyl adjacent to an activating group) is 1. The lowest BCUT2D eigenvalue weighted by Crippen LogP contribution is -3.11. The molecule has 136 valence electrons. The highest BCUT2D eigenvalue weighted by Crippen LogP contribution is 2.17. The van der Waals surface area contributed by atoms with Gasteiger partial charge in [-0.1, -0.05) is 30.5 Å². The van der Waals surface area contributed by atoms with Crippen LogP contribution >= 0.6 is 0 Å². The number of rotatable bonds is 6. The molecule has 1 saturated carbocycles. The number of hydrogen-bond acceptors (Lipinski definition) is 3. The first-order valence-electron chi connectivity index (χ1n) is 8.70. The minimum atomic E-state index is -0.450. The summed E-state index contributed by atoms with van der Waals surface area (Å²) in [6.07, 6.45) is 4.15. The number of benzene rings is 1. The van der Waals surface area contributed by atoms with Crippen LogP contribution in [-0.2, 0) is 9.59 Å². The molecule has 0 heterocycles. The Bertz CT molecular complexity index is 609. The fourth-order valence-corrected chi connectivity index (χ4v) is 2.92. The van der Waals surface area contributed by atoms with Crippen molar-refractivity contribution >= 4 is 23.5 Å². The number of urea groups is 1. The van der Waals surface area contributed by atoms with Gasteiger partial charge in [-0.3, -0.25) is 14.9 Å². The number of carbonyl (C=O) groups excluding carboxylic acids is 3. The Morgan fingerprint density at radius 1 is 1.04 bits per heavy atom. The summed E-state index contributed by atoms with van der Waals surface area (Å²) in [5, 5.41) is 7.92. The second-order valence-corrected chi connectivity index (χ2v) is 6.73. The molecule has 0 aliphatic heterocycles.